The van der Waals surface area contributed by atoms with Gasteiger partial charge in [0.2, 0.25) is 0 Å². The van der Waals surface area contributed by atoms with Crippen LogP contribution in [0.25, 0.3) is 0 Å². The van der Waals surface area contributed by atoms with Crippen LogP contribution in [0.2, 0.25) is 0 Å². The molecule has 0 amide bonds. The first-order valence-electron chi connectivity index (χ1n) is 6.63. The molecule has 0 atom stereocenters. The molecule has 2 rings (SSSR count). The van der Waals surface area contributed by atoms with E-state index >= 15 is 0 Å². The molecular weight excluding hydrogens is 253 g/mol. The van der Waals surface area contributed by atoms with Gasteiger partial charge in [0.05, 0.1) is 0 Å². The number of benzene rings is 2. The van der Waals surface area contributed by atoms with E-state index in [9.17, 15) is 4.39 Å². The molecule has 0 saturated carbocycles. The van der Waals surface area contributed by atoms with Crippen molar-refractivity contribution in [2.45, 2.75) is 26.9 Å². The van der Waals surface area contributed by atoms with Crippen molar-refractivity contribution in [1.82, 2.24) is 5.43 Å². The standard InChI is InChI=1S/C16H20FN3/c1-11-5-12(2)7-15(6-11)20-19-10-13-3-4-14(9-18)16(17)8-13/h3-8,19-20H,9-10,18H2,1-2H3. The van der Waals surface area contributed by atoms with E-state index in [0.29, 0.717) is 12.1 Å². The molecule has 0 unspecified atom stereocenters. The van der Waals surface area contributed by atoms with Crippen molar-refractivity contribution in [1.29, 1.82) is 0 Å². The Labute approximate surface area is 119 Å². The highest BCUT2D eigenvalue weighted by Gasteiger charge is 2.02. The molecule has 4 heteroatoms. The maximum absolute atomic E-state index is 13.6. The summed E-state index contributed by atoms with van der Waals surface area (Å²) in [6.07, 6.45) is 0. The molecule has 0 aromatic heterocycles. The molecule has 0 aliphatic carbocycles. The van der Waals surface area contributed by atoms with Crippen LogP contribution < -0.4 is 16.6 Å². The number of hydrogen-bond acceptors (Lipinski definition) is 3. The van der Waals surface area contributed by atoms with Crippen molar-refractivity contribution >= 4 is 5.69 Å². The fourth-order valence-electron chi connectivity index (χ4n) is 2.16. The maximum atomic E-state index is 13.6. The summed E-state index contributed by atoms with van der Waals surface area (Å²) in [6, 6.07) is 11.3. The Balaban J connectivity index is 1.94. The summed E-state index contributed by atoms with van der Waals surface area (Å²) in [5.41, 5.74) is 16.5. The van der Waals surface area contributed by atoms with E-state index in [0.717, 1.165) is 11.3 Å². The normalized spacial score (nSPS) is 10.6. The van der Waals surface area contributed by atoms with Gasteiger partial charge in [-0.2, -0.15) is 0 Å². The number of hydrogen-bond donors (Lipinski definition) is 3. The average molecular weight is 273 g/mol. The zero-order chi connectivity index (χ0) is 14.5. The maximum Gasteiger partial charge on any atom is 0.128 e. The van der Waals surface area contributed by atoms with Crippen molar-refractivity contribution in [3.63, 3.8) is 0 Å². The Morgan fingerprint density at radius 3 is 2.35 bits per heavy atom. The van der Waals surface area contributed by atoms with E-state index in [2.05, 4.69) is 42.9 Å². The van der Waals surface area contributed by atoms with Crippen LogP contribution in [0, 0.1) is 19.7 Å². The molecule has 2 aromatic carbocycles. The van der Waals surface area contributed by atoms with E-state index in [1.54, 1.807) is 6.07 Å². The minimum Gasteiger partial charge on any atom is -0.326 e. The fraction of sp³-hybridized carbons (Fsp3) is 0.250. The molecule has 0 fully saturated rings. The zero-order valence-corrected chi connectivity index (χ0v) is 11.8. The number of halogens is 1. The second-order valence-electron chi connectivity index (χ2n) is 4.98. The van der Waals surface area contributed by atoms with Gasteiger partial charge in [0, 0.05) is 24.3 Å². The zero-order valence-electron chi connectivity index (χ0n) is 11.8. The molecule has 0 aliphatic heterocycles. The monoisotopic (exact) mass is 273 g/mol. The van der Waals surface area contributed by atoms with Crippen LogP contribution in [-0.4, -0.2) is 0 Å². The number of aryl methyl sites for hydroxylation is 2. The van der Waals surface area contributed by atoms with E-state index in [4.69, 9.17) is 5.73 Å². The summed E-state index contributed by atoms with van der Waals surface area (Å²) in [5, 5.41) is 0. The van der Waals surface area contributed by atoms with E-state index in [-0.39, 0.29) is 12.4 Å². The molecule has 20 heavy (non-hydrogen) atoms. The van der Waals surface area contributed by atoms with E-state index in [1.165, 1.54) is 17.2 Å². The minimum atomic E-state index is -0.252. The summed E-state index contributed by atoms with van der Waals surface area (Å²) in [7, 11) is 0. The van der Waals surface area contributed by atoms with Gasteiger partial charge in [-0.3, -0.25) is 0 Å². The Hall–Kier alpha value is -1.91. The Morgan fingerprint density at radius 2 is 1.75 bits per heavy atom. The minimum absolute atomic E-state index is 0.223. The summed E-state index contributed by atoms with van der Waals surface area (Å²) >= 11 is 0. The highest BCUT2D eigenvalue weighted by Crippen LogP contribution is 2.13. The molecule has 0 saturated heterocycles. The first-order chi connectivity index (χ1) is 9.58. The predicted octanol–water partition coefficient (Wildman–Crippen LogP) is 3.02. The van der Waals surface area contributed by atoms with E-state index in [1.807, 2.05) is 6.07 Å². The Morgan fingerprint density at radius 1 is 1.05 bits per heavy atom. The lowest BCUT2D eigenvalue weighted by atomic mass is 10.1. The highest BCUT2D eigenvalue weighted by atomic mass is 19.1. The molecular formula is C16H20FN3. The third-order valence-electron chi connectivity index (χ3n) is 3.08. The molecule has 106 valence electrons. The van der Waals surface area contributed by atoms with Crippen molar-refractivity contribution in [3.05, 3.63) is 64.5 Å². The summed E-state index contributed by atoms with van der Waals surface area (Å²) in [4.78, 5) is 0. The van der Waals surface area contributed by atoms with Gasteiger partial charge in [-0.05, 0) is 48.7 Å². The summed E-state index contributed by atoms with van der Waals surface area (Å²) < 4.78 is 13.6. The molecule has 0 radical (unpaired) electrons. The molecule has 3 nitrogen and oxygen atoms in total. The number of rotatable bonds is 5. The number of hydrazine groups is 1. The van der Waals surface area contributed by atoms with Gasteiger partial charge in [0.25, 0.3) is 0 Å². The third kappa shape index (κ3) is 3.79. The van der Waals surface area contributed by atoms with Crippen molar-refractivity contribution < 1.29 is 4.39 Å². The topological polar surface area (TPSA) is 50.1 Å². The van der Waals surface area contributed by atoms with Gasteiger partial charge in [0.1, 0.15) is 5.82 Å². The van der Waals surface area contributed by atoms with Crippen LogP contribution in [0.4, 0.5) is 10.1 Å². The lowest BCUT2D eigenvalue weighted by Gasteiger charge is -2.11. The number of nitrogens with one attached hydrogen (secondary N) is 2. The largest absolute Gasteiger partial charge is 0.326 e. The lowest BCUT2D eigenvalue weighted by Crippen LogP contribution is -2.21. The molecule has 0 bridgehead atoms. The first-order valence-corrected chi connectivity index (χ1v) is 6.63. The van der Waals surface area contributed by atoms with Crippen molar-refractivity contribution in [2.24, 2.45) is 5.73 Å². The van der Waals surface area contributed by atoms with Gasteiger partial charge in [-0.15, -0.1) is 0 Å². The van der Waals surface area contributed by atoms with Crippen LogP contribution in [0.3, 0.4) is 0 Å². The number of nitrogens with two attached hydrogens (primary N) is 1. The lowest BCUT2D eigenvalue weighted by molar-refractivity contribution is 0.606. The van der Waals surface area contributed by atoms with Crippen LogP contribution in [0.1, 0.15) is 22.3 Å². The van der Waals surface area contributed by atoms with Gasteiger partial charge in [-0.1, -0.05) is 18.2 Å². The van der Waals surface area contributed by atoms with Crippen molar-refractivity contribution in [3.8, 4) is 0 Å². The molecule has 2 aromatic rings. The summed E-state index contributed by atoms with van der Waals surface area (Å²) in [6.45, 7) is 4.87. The molecule has 0 aliphatic rings. The van der Waals surface area contributed by atoms with Crippen LogP contribution in [-0.2, 0) is 13.1 Å². The molecule has 0 spiro atoms. The smallest absolute Gasteiger partial charge is 0.128 e. The third-order valence-corrected chi connectivity index (χ3v) is 3.08. The summed E-state index contributed by atoms with van der Waals surface area (Å²) in [5.74, 6) is -0.252. The Bertz CT molecular complexity index is 576. The van der Waals surface area contributed by atoms with Crippen molar-refractivity contribution in [2.75, 3.05) is 5.43 Å². The van der Waals surface area contributed by atoms with Gasteiger partial charge < -0.3 is 11.2 Å². The van der Waals surface area contributed by atoms with Crippen LogP contribution >= 0.6 is 0 Å². The second-order valence-corrected chi connectivity index (χ2v) is 4.98. The first kappa shape index (κ1) is 14.5. The van der Waals surface area contributed by atoms with Gasteiger partial charge in [-0.25, -0.2) is 9.82 Å². The Kier molecular flexibility index (Phi) is 4.71. The van der Waals surface area contributed by atoms with Crippen LogP contribution in [0.15, 0.2) is 36.4 Å². The quantitative estimate of drug-likeness (QED) is 0.734. The number of anilines is 1. The molecule has 0 heterocycles. The average Bonchev–Trinajstić information content (AvgIpc) is 2.38. The SMILES string of the molecule is Cc1cc(C)cc(NNCc2ccc(CN)c(F)c2)c1. The second kappa shape index (κ2) is 6.50. The van der Waals surface area contributed by atoms with Gasteiger partial charge >= 0.3 is 0 Å². The highest BCUT2D eigenvalue weighted by molar-refractivity contribution is 5.47. The molecule has 4 N–H and O–H groups in total. The van der Waals surface area contributed by atoms with E-state index < -0.39 is 0 Å². The predicted molar refractivity (Wildman–Crippen MR) is 80.7 cm³/mol. The fourth-order valence-corrected chi connectivity index (χ4v) is 2.16. The van der Waals surface area contributed by atoms with Crippen LogP contribution in [0.5, 0.6) is 0 Å². The van der Waals surface area contributed by atoms with Gasteiger partial charge in [0.15, 0.2) is 0 Å².